The quantitative estimate of drug-likeness (QED) is 0.626. The smallest absolute Gasteiger partial charge is 0.251 e. The highest BCUT2D eigenvalue weighted by Crippen LogP contribution is 2.27. The van der Waals surface area contributed by atoms with Crippen molar-refractivity contribution in [2.75, 3.05) is 31.7 Å². The zero-order valence-electron chi connectivity index (χ0n) is 18.3. The van der Waals surface area contributed by atoms with Crippen LogP contribution in [0.3, 0.4) is 0 Å². The molecule has 174 valence electrons. The van der Waals surface area contributed by atoms with Gasteiger partial charge < -0.3 is 10.1 Å². The number of ether oxygens (including phenoxy) is 1. The zero-order valence-corrected chi connectivity index (χ0v) is 20.0. The molecule has 1 amide bonds. The van der Waals surface area contributed by atoms with Crippen molar-refractivity contribution in [3.63, 3.8) is 0 Å². The maximum Gasteiger partial charge on any atom is 0.251 e. The van der Waals surface area contributed by atoms with E-state index in [9.17, 15) is 21.6 Å². The average molecular weight is 474 g/mol. The summed E-state index contributed by atoms with van der Waals surface area (Å²) < 4.78 is 57.9. The predicted octanol–water partition coefficient (Wildman–Crippen LogP) is 0.763. The Labute approximate surface area is 184 Å². The highest BCUT2D eigenvalue weighted by Gasteiger charge is 2.42. The second-order valence-electron chi connectivity index (χ2n) is 9.19. The van der Waals surface area contributed by atoms with Crippen molar-refractivity contribution < 1.29 is 26.4 Å². The number of hydrogen-bond acceptors (Lipinski definition) is 7. The fourth-order valence-electron chi connectivity index (χ4n) is 4.14. The van der Waals surface area contributed by atoms with Gasteiger partial charge in [-0.1, -0.05) is 0 Å². The summed E-state index contributed by atoms with van der Waals surface area (Å²) >= 11 is 0. The second-order valence-corrected chi connectivity index (χ2v) is 13.0. The third-order valence-corrected chi connectivity index (χ3v) is 8.90. The van der Waals surface area contributed by atoms with Crippen molar-refractivity contribution >= 4 is 25.8 Å². The zero-order chi connectivity index (χ0) is 23.0. The fraction of sp³-hybridized carbons (Fsp3) is 0.650. The lowest BCUT2D eigenvalue weighted by molar-refractivity contribution is 0.0918. The standard InChI is InChI=1S/C20H31N3O6S2/c1-20(2,3)22-31(27,28)18-11-14(7-8-17(18)29-4)19(24)21-15-12-30(25,26)13-16(15)23-9-5-6-10-23/h7-8,11,15-16,22H,5-6,9-10,12-13H2,1-4H3,(H,21,24). The van der Waals surface area contributed by atoms with Gasteiger partial charge in [-0.25, -0.2) is 21.6 Å². The summed E-state index contributed by atoms with van der Waals surface area (Å²) in [5.41, 5.74) is -0.594. The third kappa shape index (κ3) is 5.76. The summed E-state index contributed by atoms with van der Waals surface area (Å²) in [6.07, 6.45) is 2.02. The van der Waals surface area contributed by atoms with E-state index < -0.39 is 37.3 Å². The van der Waals surface area contributed by atoms with E-state index in [1.165, 1.54) is 25.3 Å². The first-order chi connectivity index (χ1) is 14.3. The van der Waals surface area contributed by atoms with Gasteiger partial charge in [0.2, 0.25) is 10.0 Å². The Kier molecular flexibility index (Phi) is 6.71. The van der Waals surface area contributed by atoms with Crippen molar-refractivity contribution in [3.8, 4) is 5.75 Å². The lowest BCUT2D eigenvalue weighted by Crippen LogP contribution is -2.50. The van der Waals surface area contributed by atoms with Gasteiger partial charge in [0.25, 0.3) is 5.91 Å². The van der Waals surface area contributed by atoms with Crippen LogP contribution in [0.5, 0.6) is 5.75 Å². The van der Waals surface area contributed by atoms with Crippen LogP contribution in [0.2, 0.25) is 0 Å². The topological polar surface area (TPSA) is 122 Å². The molecule has 2 aliphatic heterocycles. The number of amides is 1. The van der Waals surface area contributed by atoms with Crippen LogP contribution in [-0.2, 0) is 19.9 Å². The van der Waals surface area contributed by atoms with Gasteiger partial charge in [-0.2, -0.15) is 0 Å². The maximum absolute atomic E-state index is 13.0. The number of sulfonamides is 1. The molecular formula is C20H31N3O6S2. The molecule has 11 heteroatoms. The Balaban J connectivity index is 1.86. The summed E-state index contributed by atoms with van der Waals surface area (Å²) in [4.78, 5) is 14.9. The molecule has 0 radical (unpaired) electrons. The highest BCUT2D eigenvalue weighted by molar-refractivity contribution is 7.91. The Morgan fingerprint density at radius 1 is 1.16 bits per heavy atom. The van der Waals surface area contributed by atoms with E-state index in [1.54, 1.807) is 20.8 Å². The molecule has 9 nitrogen and oxygen atoms in total. The molecule has 2 heterocycles. The number of rotatable bonds is 6. The van der Waals surface area contributed by atoms with E-state index in [0.29, 0.717) is 0 Å². The fourth-order valence-corrected chi connectivity index (χ4v) is 7.70. The number of nitrogens with one attached hydrogen (secondary N) is 2. The normalized spacial score (nSPS) is 24.3. The molecule has 1 aromatic carbocycles. The third-order valence-electron chi connectivity index (χ3n) is 5.40. The first-order valence-corrected chi connectivity index (χ1v) is 13.6. The molecular weight excluding hydrogens is 442 g/mol. The summed E-state index contributed by atoms with van der Waals surface area (Å²) in [5, 5.41) is 2.83. The minimum absolute atomic E-state index is 0.0235. The minimum Gasteiger partial charge on any atom is -0.495 e. The van der Waals surface area contributed by atoms with Crippen molar-refractivity contribution in [1.29, 1.82) is 0 Å². The van der Waals surface area contributed by atoms with E-state index in [-0.39, 0.29) is 33.8 Å². The van der Waals surface area contributed by atoms with E-state index in [1.807, 2.05) is 0 Å². The Morgan fingerprint density at radius 3 is 2.39 bits per heavy atom. The van der Waals surface area contributed by atoms with Crippen LogP contribution in [0.1, 0.15) is 44.0 Å². The summed E-state index contributed by atoms with van der Waals surface area (Å²) in [7, 11) is -5.84. The van der Waals surface area contributed by atoms with E-state index in [2.05, 4.69) is 14.9 Å². The number of nitrogens with zero attached hydrogens (tertiary/aromatic N) is 1. The molecule has 2 aliphatic rings. The van der Waals surface area contributed by atoms with Gasteiger partial charge in [-0.15, -0.1) is 0 Å². The predicted molar refractivity (Wildman–Crippen MR) is 118 cm³/mol. The summed E-state index contributed by atoms with van der Waals surface area (Å²) in [6, 6.07) is 3.36. The minimum atomic E-state index is -3.95. The highest BCUT2D eigenvalue weighted by atomic mass is 32.2. The Hall–Kier alpha value is -1.69. The Morgan fingerprint density at radius 2 is 1.81 bits per heavy atom. The number of sulfone groups is 1. The first kappa shape index (κ1) is 24.0. The average Bonchev–Trinajstić information content (AvgIpc) is 3.26. The lowest BCUT2D eigenvalue weighted by Gasteiger charge is -2.28. The molecule has 3 rings (SSSR count). The molecule has 0 aromatic heterocycles. The SMILES string of the molecule is COc1ccc(C(=O)NC2CS(=O)(=O)CC2N2CCCC2)cc1S(=O)(=O)NC(C)(C)C. The van der Waals surface area contributed by atoms with Gasteiger partial charge in [0.15, 0.2) is 9.84 Å². The van der Waals surface area contributed by atoms with Crippen LogP contribution in [0, 0.1) is 0 Å². The molecule has 2 unspecified atom stereocenters. The van der Waals surface area contributed by atoms with Gasteiger partial charge in [0.1, 0.15) is 10.6 Å². The second kappa shape index (κ2) is 8.68. The number of benzene rings is 1. The van der Waals surface area contributed by atoms with E-state index >= 15 is 0 Å². The van der Waals surface area contributed by atoms with Crippen LogP contribution in [0.4, 0.5) is 0 Å². The van der Waals surface area contributed by atoms with E-state index in [4.69, 9.17) is 4.74 Å². The van der Waals surface area contributed by atoms with Crippen molar-refractivity contribution in [3.05, 3.63) is 23.8 Å². The number of carbonyl (C=O) groups is 1. The molecule has 0 aliphatic carbocycles. The molecule has 2 saturated heterocycles. The van der Waals surface area contributed by atoms with E-state index in [0.717, 1.165) is 25.9 Å². The summed E-state index contributed by atoms with van der Waals surface area (Å²) in [6.45, 7) is 6.78. The van der Waals surface area contributed by atoms with Gasteiger partial charge in [0, 0.05) is 17.1 Å². The van der Waals surface area contributed by atoms with Crippen LogP contribution in [0.25, 0.3) is 0 Å². The lowest BCUT2D eigenvalue weighted by atomic mass is 10.1. The molecule has 2 fully saturated rings. The van der Waals surface area contributed by atoms with Gasteiger partial charge in [-0.05, 0) is 64.9 Å². The summed E-state index contributed by atoms with van der Waals surface area (Å²) in [5.74, 6) is -0.490. The maximum atomic E-state index is 13.0. The van der Waals surface area contributed by atoms with Crippen molar-refractivity contribution in [2.24, 2.45) is 0 Å². The van der Waals surface area contributed by atoms with Crippen molar-refractivity contribution in [1.82, 2.24) is 14.9 Å². The molecule has 2 atom stereocenters. The molecule has 31 heavy (non-hydrogen) atoms. The Bertz CT molecular complexity index is 1040. The van der Waals surface area contributed by atoms with Crippen LogP contribution in [-0.4, -0.2) is 77.0 Å². The number of likely N-dealkylation sites (tertiary alicyclic amines) is 1. The van der Waals surface area contributed by atoms with Crippen LogP contribution >= 0.6 is 0 Å². The molecule has 0 bridgehead atoms. The molecule has 0 saturated carbocycles. The van der Waals surface area contributed by atoms with Gasteiger partial charge in [0.05, 0.1) is 24.7 Å². The van der Waals surface area contributed by atoms with Crippen molar-refractivity contribution in [2.45, 2.75) is 56.1 Å². The molecule has 0 spiro atoms. The largest absolute Gasteiger partial charge is 0.495 e. The van der Waals surface area contributed by atoms with Crippen LogP contribution in [0.15, 0.2) is 23.1 Å². The van der Waals surface area contributed by atoms with Gasteiger partial charge in [-0.3, -0.25) is 9.69 Å². The number of hydrogen-bond donors (Lipinski definition) is 2. The number of carbonyl (C=O) groups excluding carboxylic acids is 1. The molecule has 1 aromatic rings. The van der Waals surface area contributed by atoms with Gasteiger partial charge >= 0.3 is 0 Å². The monoisotopic (exact) mass is 473 g/mol. The molecule has 2 N–H and O–H groups in total. The first-order valence-electron chi connectivity index (χ1n) is 10.3. The number of methoxy groups -OCH3 is 1. The van der Waals surface area contributed by atoms with Crippen LogP contribution < -0.4 is 14.8 Å².